The molecule has 0 spiro atoms. The van der Waals surface area contributed by atoms with Crippen molar-refractivity contribution in [3.8, 4) is 5.95 Å². The third kappa shape index (κ3) is 2.65. The summed E-state index contributed by atoms with van der Waals surface area (Å²) in [7, 11) is 0. The molecule has 0 bridgehead atoms. The summed E-state index contributed by atoms with van der Waals surface area (Å²) < 4.78 is 1.78. The van der Waals surface area contributed by atoms with E-state index in [0.29, 0.717) is 5.95 Å². The maximum atomic E-state index is 4.37. The van der Waals surface area contributed by atoms with Gasteiger partial charge >= 0.3 is 0 Å². The monoisotopic (exact) mass is 232 g/mol. The molecule has 1 N–H and O–H groups in total. The molecule has 0 aliphatic rings. The summed E-state index contributed by atoms with van der Waals surface area (Å²) in [5.74, 6) is 0.559. The summed E-state index contributed by atoms with van der Waals surface area (Å²) >= 11 is 0. The number of imidazole rings is 1. The SMILES string of the molecule is CCNCc1cn(-c2nnc(C)c(C)n2)cn1. The summed E-state index contributed by atoms with van der Waals surface area (Å²) in [6.07, 6.45) is 3.62. The first kappa shape index (κ1) is 11.7. The lowest BCUT2D eigenvalue weighted by Gasteiger charge is -2.01. The molecule has 0 saturated carbocycles. The van der Waals surface area contributed by atoms with Gasteiger partial charge in [-0.1, -0.05) is 6.92 Å². The van der Waals surface area contributed by atoms with Crippen molar-refractivity contribution in [1.82, 2.24) is 30.0 Å². The van der Waals surface area contributed by atoms with Gasteiger partial charge in [0.1, 0.15) is 6.33 Å². The smallest absolute Gasteiger partial charge is 0.255 e. The van der Waals surface area contributed by atoms with E-state index >= 15 is 0 Å². The van der Waals surface area contributed by atoms with E-state index in [1.54, 1.807) is 10.9 Å². The van der Waals surface area contributed by atoms with Crippen molar-refractivity contribution in [1.29, 1.82) is 0 Å². The molecule has 0 radical (unpaired) electrons. The fourth-order valence-electron chi connectivity index (χ4n) is 1.37. The van der Waals surface area contributed by atoms with E-state index in [2.05, 4.69) is 32.4 Å². The first-order valence-corrected chi connectivity index (χ1v) is 5.62. The van der Waals surface area contributed by atoms with Gasteiger partial charge in [-0.25, -0.2) is 9.97 Å². The average Bonchev–Trinajstić information content (AvgIpc) is 2.79. The molecule has 0 aliphatic carbocycles. The van der Waals surface area contributed by atoms with Crippen molar-refractivity contribution in [2.24, 2.45) is 0 Å². The highest BCUT2D eigenvalue weighted by Crippen LogP contribution is 2.04. The number of aromatic nitrogens is 5. The molecule has 6 heteroatoms. The fourth-order valence-corrected chi connectivity index (χ4v) is 1.37. The van der Waals surface area contributed by atoms with Gasteiger partial charge in [0.15, 0.2) is 0 Å². The largest absolute Gasteiger partial charge is 0.311 e. The second-order valence-electron chi connectivity index (χ2n) is 3.84. The summed E-state index contributed by atoms with van der Waals surface area (Å²) in [5.41, 5.74) is 2.70. The van der Waals surface area contributed by atoms with Gasteiger partial charge in [-0.3, -0.25) is 4.57 Å². The number of nitrogens with zero attached hydrogens (tertiary/aromatic N) is 5. The highest BCUT2D eigenvalue weighted by Gasteiger charge is 2.05. The Morgan fingerprint density at radius 2 is 2.06 bits per heavy atom. The van der Waals surface area contributed by atoms with Crippen molar-refractivity contribution in [2.75, 3.05) is 6.54 Å². The zero-order valence-electron chi connectivity index (χ0n) is 10.3. The van der Waals surface area contributed by atoms with Gasteiger partial charge in [0, 0.05) is 12.7 Å². The topological polar surface area (TPSA) is 68.5 Å². The van der Waals surface area contributed by atoms with E-state index in [-0.39, 0.29) is 0 Å². The summed E-state index contributed by atoms with van der Waals surface area (Å²) in [4.78, 5) is 8.64. The van der Waals surface area contributed by atoms with Crippen molar-refractivity contribution in [2.45, 2.75) is 27.3 Å². The lowest BCUT2D eigenvalue weighted by molar-refractivity contribution is 0.713. The van der Waals surface area contributed by atoms with Crippen LogP contribution >= 0.6 is 0 Å². The normalized spacial score (nSPS) is 10.8. The van der Waals surface area contributed by atoms with E-state index in [4.69, 9.17) is 0 Å². The van der Waals surface area contributed by atoms with Crippen molar-refractivity contribution < 1.29 is 0 Å². The molecule has 2 aromatic heterocycles. The number of aryl methyl sites for hydroxylation is 2. The van der Waals surface area contributed by atoms with E-state index in [1.165, 1.54) is 0 Å². The number of hydrogen-bond acceptors (Lipinski definition) is 5. The van der Waals surface area contributed by atoms with Crippen LogP contribution in [0.4, 0.5) is 0 Å². The Morgan fingerprint density at radius 1 is 1.24 bits per heavy atom. The maximum absolute atomic E-state index is 4.37. The van der Waals surface area contributed by atoms with Gasteiger partial charge in [-0.2, -0.15) is 5.10 Å². The van der Waals surface area contributed by atoms with Gasteiger partial charge in [-0.15, -0.1) is 5.10 Å². The van der Waals surface area contributed by atoms with Crippen LogP contribution in [0.3, 0.4) is 0 Å². The Balaban J connectivity index is 2.21. The first-order chi connectivity index (χ1) is 8.20. The van der Waals surface area contributed by atoms with E-state index < -0.39 is 0 Å². The average molecular weight is 232 g/mol. The van der Waals surface area contributed by atoms with Crippen LogP contribution in [0.5, 0.6) is 0 Å². The molecule has 0 aliphatic heterocycles. The number of hydrogen-bond donors (Lipinski definition) is 1. The van der Waals surface area contributed by atoms with Crippen LogP contribution in [0.15, 0.2) is 12.5 Å². The van der Waals surface area contributed by atoms with Crippen LogP contribution < -0.4 is 5.32 Å². The van der Waals surface area contributed by atoms with Crippen LogP contribution in [-0.4, -0.2) is 31.3 Å². The summed E-state index contributed by atoms with van der Waals surface area (Å²) in [5, 5.41) is 11.3. The fraction of sp³-hybridized carbons (Fsp3) is 0.455. The highest BCUT2D eigenvalue weighted by molar-refractivity contribution is 5.16. The van der Waals surface area contributed by atoms with E-state index in [9.17, 15) is 0 Å². The molecule has 17 heavy (non-hydrogen) atoms. The molecule has 2 rings (SSSR count). The van der Waals surface area contributed by atoms with Crippen LogP contribution in [0.25, 0.3) is 5.95 Å². The molecule has 90 valence electrons. The molecule has 2 aromatic rings. The van der Waals surface area contributed by atoms with Crippen LogP contribution in [0.2, 0.25) is 0 Å². The Kier molecular flexibility index (Phi) is 3.43. The third-order valence-corrected chi connectivity index (χ3v) is 2.50. The molecule has 0 amide bonds. The molecule has 0 fully saturated rings. The van der Waals surface area contributed by atoms with Gasteiger partial charge in [0.2, 0.25) is 0 Å². The zero-order valence-corrected chi connectivity index (χ0v) is 10.3. The molecule has 0 unspecified atom stereocenters. The first-order valence-electron chi connectivity index (χ1n) is 5.62. The molecule has 0 aromatic carbocycles. The van der Waals surface area contributed by atoms with Crippen LogP contribution in [0, 0.1) is 13.8 Å². The summed E-state index contributed by atoms with van der Waals surface area (Å²) in [6, 6.07) is 0. The van der Waals surface area contributed by atoms with Gasteiger partial charge in [-0.05, 0) is 20.4 Å². The minimum atomic E-state index is 0.559. The number of nitrogens with one attached hydrogen (secondary N) is 1. The Hall–Kier alpha value is -1.82. The molecular weight excluding hydrogens is 216 g/mol. The van der Waals surface area contributed by atoms with Crippen LogP contribution in [0.1, 0.15) is 24.0 Å². The Morgan fingerprint density at radius 3 is 2.76 bits per heavy atom. The van der Waals surface area contributed by atoms with Gasteiger partial charge < -0.3 is 5.32 Å². The van der Waals surface area contributed by atoms with Crippen molar-refractivity contribution in [3.05, 3.63) is 29.6 Å². The molecule has 6 nitrogen and oxygen atoms in total. The highest BCUT2D eigenvalue weighted by atomic mass is 15.3. The van der Waals surface area contributed by atoms with Gasteiger partial charge in [0.05, 0.1) is 17.1 Å². The molecule has 0 atom stereocenters. The lowest BCUT2D eigenvalue weighted by atomic mass is 10.4. The third-order valence-electron chi connectivity index (χ3n) is 2.50. The van der Waals surface area contributed by atoms with Crippen molar-refractivity contribution in [3.63, 3.8) is 0 Å². The quantitative estimate of drug-likeness (QED) is 0.843. The van der Waals surface area contributed by atoms with E-state index in [1.807, 2.05) is 20.0 Å². The second kappa shape index (κ2) is 5.01. The predicted octanol–water partition coefficient (Wildman–Crippen LogP) is 0.784. The van der Waals surface area contributed by atoms with Crippen molar-refractivity contribution >= 4 is 0 Å². The molecule has 0 saturated heterocycles. The predicted molar refractivity (Wildman–Crippen MR) is 63.8 cm³/mol. The summed E-state index contributed by atoms with van der Waals surface area (Å²) in [6.45, 7) is 7.55. The maximum Gasteiger partial charge on any atom is 0.255 e. The van der Waals surface area contributed by atoms with Gasteiger partial charge in [0.25, 0.3) is 5.95 Å². The van der Waals surface area contributed by atoms with Crippen LogP contribution in [-0.2, 0) is 6.54 Å². The second-order valence-corrected chi connectivity index (χ2v) is 3.84. The molecule has 2 heterocycles. The zero-order chi connectivity index (χ0) is 12.3. The Bertz CT molecular complexity index is 504. The Labute approximate surface area is 100 Å². The number of rotatable bonds is 4. The minimum absolute atomic E-state index is 0.559. The minimum Gasteiger partial charge on any atom is -0.311 e. The van der Waals surface area contributed by atoms with E-state index in [0.717, 1.165) is 30.2 Å². The molecular formula is C11H16N6. The lowest BCUT2D eigenvalue weighted by Crippen LogP contribution is -2.11. The standard InChI is InChI=1S/C11H16N6/c1-4-12-5-10-6-17(7-13-10)11-14-8(2)9(3)15-16-11/h6-7,12H,4-5H2,1-3H3.